The molecule has 0 aliphatic rings. The molecule has 17 heavy (non-hydrogen) atoms. The Bertz CT molecular complexity index is 386. The van der Waals surface area contributed by atoms with Gasteiger partial charge in [0.1, 0.15) is 0 Å². The molecule has 3 nitrogen and oxygen atoms in total. The van der Waals surface area contributed by atoms with Crippen LogP contribution in [-0.4, -0.2) is 19.8 Å². The van der Waals surface area contributed by atoms with Crippen molar-refractivity contribution < 1.29 is 18.3 Å². The molecular weight excluding hydrogens is 252 g/mol. The van der Waals surface area contributed by atoms with Gasteiger partial charge in [-0.3, -0.25) is 0 Å². The fourth-order valence-corrected chi connectivity index (χ4v) is 1.74. The second kappa shape index (κ2) is 6.02. The summed E-state index contributed by atoms with van der Waals surface area (Å²) in [5.41, 5.74) is 6.46. The molecule has 0 fully saturated rings. The van der Waals surface area contributed by atoms with Crippen molar-refractivity contribution in [3.8, 4) is 11.5 Å². The van der Waals surface area contributed by atoms with Gasteiger partial charge in [0.05, 0.1) is 12.1 Å². The van der Waals surface area contributed by atoms with Gasteiger partial charge >= 0.3 is 6.61 Å². The van der Waals surface area contributed by atoms with Crippen LogP contribution in [0.1, 0.15) is 12.5 Å². The van der Waals surface area contributed by atoms with Gasteiger partial charge in [-0.05, 0) is 31.0 Å². The summed E-state index contributed by atoms with van der Waals surface area (Å²) in [4.78, 5) is 0. The Labute approximate surface area is 103 Å². The average molecular weight is 266 g/mol. The Morgan fingerprint density at radius 2 is 2.06 bits per heavy atom. The van der Waals surface area contributed by atoms with Gasteiger partial charge in [-0.1, -0.05) is 11.6 Å². The fraction of sp³-hybridized carbons (Fsp3) is 0.455. The third-order valence-corrected chi connectivity index (χ3v) is 2.33. The molecule has 0 saturated carbocycles. The zero-order valence-electron chi connectivity index (χ0n) is 9.54. The van der Waals surface area contributed by atoms with Crippen molar-refractivity contribution >= 4 is 11.6 Å². The van der Waals surface area contributed by atoms with Crippen LogP contribution in [0, 0.1) is 0 Å². The van der Waals surface area contributed by atoms with Crippen molar-refractivity contribution in [1.82, 2.24) is 0 Å². The molecule has 1 aromatic carbocycles. The molecule has 0 bridgehead atoms. The molecule has 0 heterocycles. The quantitative estimate of drug-likeness (QED) is 0.890. The van der Waals surface area contributed by atoms with E-state index in [1.807, 2.05) is 6.92 Å². The van der Waals surface area contributed by atoms with E-state index < -0.39 is 6.61 Å². The van der Waals surface area contributed by atoms with Gasteiger partial charge in [0, 0.05) is 6.04 Å². The molecular formula is C11H14ClF2NO2. The molecule has 0 spiro atoms. The van der Waals surface area contributed by atoms with Crippen LogP contribution < -0.4 is 15.2 Å². The van der Waals surface area contributed by atoms with Crippen molar-refractivity contribution in [1.29, 1.82) is 0 Å². The minimum Gasteiger partial charge on any atom is -0.493 e. The molecule has 0 aromatic heterocycles. The monoisotopic (exact) mass is 265 g/mol. The predicted octanol–water partition coefficient (Wildman–Crippen LogP) is 2.84. The number of nitrogens with two attached hydrogens (primary N) is 1. The van der Waals surface area contributed by atoms with Crippen LogP contribution in [0.4, 0.5) is 8.78 Å². The average Bonchev–Trinajstić information content (AvgIpc) is 2.20. The van der Waals surface area contributed by atoms with Gasteiger partial charge in [-0.15, -0.1) is 0 Å². The molecule has 0 aliphatic carbocycles. The van der Waals surface area contributed by atoms with E-state index in [0.29, 0.717) is 6.42 Å². The van der Waals surface area contributed by atoms with Crippen molar-refractivity contribution in [3.63, 3.8) is 0 Å². The summed E-state index contributed by atoms with van der Waals surface area (Å²) >= 11 is 5.86. The topological polar surface area (TPSA) is 44.5 Å². The van der Waals surface area contributed by atoms with Crippen LogP contribution in [0.2, 0.25) is 5.02 Å². The zero-order chi connectivity index (χ0) is 13.0. The van der Waals surface area contributed by atoms with Gasteiger partial charge in [-0.2, -0.15) is 8.78 Å². The normalized spacial score (nSPS) is 12.6. The predicted molar refractivity (Wildman–Crippen MR) is 62.0 cm³/mol. The van der Waals surface area contributed by atoms with E-state index in [2.05, 4.69) is 4.74 Å². The minimum atomic E-state index is -2.94. The van der Waals surface area contributed by atoms with Crippen LogP contribution in [-0.2, 0) is 6.42 Å². The molecule has 0 amide bonds. The zero-order valence-corrected chi connectivity index (χ0v) is 10.3. The molecule has 0 saturated heterocycles. The fourth-order valence-electron chi connectivity index (χ4n) is 1.47. The Kier molecular flexibility index (Phi) is 4.96. The highest BCUT2D eigenvalue weighted by Gasteiger charge is 2.16. The SMILES string of the molecule is COc1cc(CC(C)N)cc(Cl)c1OC(F)F. The van der Waals surface area contributed by atoms with E-state index in [-0.39, 0.29) is 22.6 Å². The van der Waals surface area contributed by atoms with Crippen molar-refractivity contribution in [2.75, 3.05) is 7.11 Å². The first-order valence-electron chi connectivity index (χ1n) is 5.00. The molecule has 96 valence electrons. The second-order valence-corrected chi connectivity index (χ2v) is 4.08. The number of alkyl halides is 2. The smallest absolute Gasteiger partial charge is 0.387 e. The lowest BCUT2D eigenvalue weighted by Crippen LogP contribution is -2.17. The van der Waals surface area contributed by atoms with E-state index in [1.165, 1.54) is 7.11 Å². The molecule has 1 rings (SSSR count). The van der Waals surface area contributed by atoms with E-state index in [9.17, 15) is 8.78 Å². The van der Waals surface area contributed by atoms with Crippen molar-refractivity contribution in [2.45, 2.75) is 26.0 Å². The number of hydrogen-bond donors (Lipinski definition) is 1. The highest BCUT2D eigenvalue weighted by molar-refractivity contribution is 6.32. The summed E-state index contributed by atoms with van der Waals surface area (Å²) in [5.74, 6) is 0.0195. The van der Waals surface area contributed by atoms with Crippen LogP contribution in [0.5, 0.6) is 11.5 Å². The van der Waals surface area contributed by atoms with Gasteiger partial charge in [-0.25, -0.2) is 0 Å². The summed E-state index contributed by atoms with van der Waals surface area (Å²) < 4.78 is 33.6. The summed E-state index contributed by atoms with van der Waals surface area (Å²) in [7, 11) is 1.36. The van der Waals surface area contributed by atoms with E-state index in [1.54, 1.807) is 12.1 Å². The second-order valence-electron chi connectivity index (χ2n) is 3.67. The van der Waals surface area contributed by atoms with Crippen molar-refractivity contribution in [3.05, 3.63) is 22.7 Å². The van der Waals surface area contributed by atoms with Gasteiger partial charge in [0.2, 0.25) is 0 Å². The largest absolute Gasteiger partial charge is 0.493 e. The van der Waals surface area contributed by atoms with Crippen LogP contribution in [0.25, 0.3) is 0 Å². The number of methoxy groups -OCH3 is 1. The summed E-state index contributed by atoms with van der Waals surface area (Å²) in [6.07, 6.45) is 0.574. The maximum atomic E-state index is 12.2. The lowest BCUT2D eigenvalue weighted by atomic mass is 10.1. The maximum absolute atomic E-state index is 12.2. The molecule has 2 N–H and O–H groups in total. The van der Waals surface area contributed by atoms with E-state index in [4.69, 9.17) is 22.1 Å². The standard InChI is InChI=1S/C11H14ClF2NO2/c1-6(15)3-7-4-8(12)10(17-11(13)14)9(5-7)16-2/h4-6,11H,3,15H2,1-2H3. The number of rotatable bonds is 5. The number of ether oxygens (including phenoxy) is 2. The third-order valence-electron chi connectivity index (χ3n) is 2.05. The number of benzene rings is 1. The van der Waals surface area contributed by atoms with Crippen LogP contribution in [0.3, 0.4) is 0 Å². The van der Waals surface area contributed by atoms with E-state index in [0.717, 1.165) is 5.56 Å². The first-order valence-corrected chi connectivity index (χ1v) is 5.38. The first-order chi connectivity index (χ1) is 7.93. The number of halogens is 3. The third kappa shape index (κ3) is 4.02. The Balaban J connectivity index is 3.07. The van der Waals surface area contributed by atoms with Gasteiger partial charge in [0.15, 0.2) is 11.5 Å². The Hall–Kier alpha value is -1.07. The van der Waals surface area contributed by atoms with Crippen LogP contribution >= 0.6 is 11.6 Å². The Morgan fingerprint density at radius 3 is 2.53 bits per heavy atom. The highest BCUT2D eigenvalue weighted by atomic mass is 35.5. The van der Waals surface area contributed by atoms with Gasteiger partial charge in [0.25, 0.3) is 0 Å². The highest BCUT2D eigenvalue weighted by Crippen LogP contribution is 2.37. The summed E-state index contributed by atoms with van der Waals surface area (Å²) in [6, 6.07) is 3.08. The van der Waals surface area contributed by atoms with Crippen LogP contribution in [0.15, 0.2) is 12.1 Å². The minimum absolute atomic E-state index is 0.0577. The van der Waals surface area contributed by atoms with Crippen molar-refractivity contribution in [2.24, 2.45) is 5.73 Å². The molecule has 1 atom stereocenters. The molecule has 1 aromatic rings. The number of hydrogen-bond acceptors (Lipinski definition) is 3. The summed E-state index contributed by atoms with van der Waals surface area (Å²) in [5, 5.41) is 0.0836. The lowest BCUT2D eigenvalue weighted by molar-refractivity contribution is -0.0511. The maximum Gasteiger partial charge on any atom is 0.387 e. The molecule has 0 radical (unpaired) electrons. The Morgan fingerprint density at radius 1 is 1.41 bits per heavy atom. The van der Waals surface area contributed by atoms with E-state index >= 15 is 0 Å². The summed E-state index contributed by atoms with van der Waals surface area (Å²) in [6.45, 7) is -1.11. The first kappa shape index (κ1) is 14.0. The molecule has 0 aliphatic heterocycles. The molecule has 1 unspecified atom stereocenters. The van der Waals surface area contributed by atoms with Gasteiger partial charge < -0.3 is 15.2 Å². The molecule has 6 heteroatoms. The lowest BCUT2D eigenvalue weighted by Gasteiger charge is -2.14.